The number of hydrogen-bond acceptors (Lipinski definition) is 3. The number of rotatable bonds is 14. The fourth-order valence-corrected chi connectivity index (χ4v) is 2.80. The van der Waals surface area contributed by atoms with Crippen molar-refractivity contribution in [2.24, 2.45) is 11.8 Å². The van der Waals surface area contributed by atoms with Gasteiger partial charge in [0, 0.05) is 6.61 Å². The van der Waals surface area contributed by atoms with Crippen molar-refractivity contribution in [1.82, 2.24) is 0 Å². The first kappa shape index (κ1) is 21.6. The lowest BCUT2D eigenvalue weighted by molar-refractivity contribution is 0.0341. The quantitative estimate of drug-likeness (QED) is 0.335. The van der Waals surface area contributed by atoms with Gasteiger partial charge in [-0.3, -0.25) is 0 Å². The summed E-state index contributed by atoms with van der Waals surface area (Å²) in [4.78, 5) is 0. The Labute approximate surface area is 137 Å². The van der Waals surface area contributed by atoms with Crippen molar-refractivity contribution in [3.05, 3.63) is 12.2 Å². The molecule has 0 saturated heterocycles. The van der Waals surface area contributed by atoms with Crippen LogP contribution in [0.15, 0.2) is 12.2 Å². The van der Waals surface area contributed by atoms with Gasteiger partial charge in [-0.05, 0) is 50.9 Å². The van der Waals surface area contributed by atoms with Gasteiger partial charge in [0.05, 0.1) is 12.2 Å². The molecule has 132 valence electrons. The molecule has 0 unspecified atom stereocenters. The van der Waals surface area contributed by atoms with Crippen molar-refractivity contribution in [1.29, 1.82) is 0 Å². The Balaban J connectivity index is 3.67. The predicted molar refractivity (Wildman–Crippen MR) is 93.8 cm³/mol. The van der Waals surface area contributed by atoms with Crippen molar-refractivity contribution in [3.63, 3.8) is 0 Å². The molecule has 22 heavy (non-hydrogen) atoms. The highest BCUT2D eigenvalue weighted by atomic mass is 16.3. The second-order valence-electron chi connectivity index (χ2n) is 7.26. The second-order valence-corrected chi connectivity index (χ2v) is 7.26. The molecule has 3 N–H and O–H groups in total. The number of aliphatic hydroxyl groups is 3. The minimum atomic E-state index is -0.557. The highest BCUT2D eigenvalue weighted by Crippen LogP contribution is 2.24. The van der Waals surface area contributed by atoms with Gasteiger partial charge in [0.25, 0.3) is 0 Å². The summed E-state index contributed by atoms with van der Waals surface area (Å²) in [7, 11) is 0. The summed E-state index contributed by atoms with van der Waals surface area (Å²) in [6.45, 7) is 6.66. The van der Waals surface area contributed by atoms with E-state index in [1.54, 1.807) is 6.08 Å². The van der Waals surface area contributed by atoms with E-state index in [1.165, 1.54) is 19.3 Å². The van der Waals surface area contributed by atoms with Crippen molar-refractivity contribution in [3.8, 4) is 0 Å². The van der Waals surface area contributed by atoms with E-state index in [4.69, 9.17) is 10.2 Å². The Morgan fingerprint density at radius 2 is 1.41 bits per heavy atom. The molecule has 0 aliphatic rings. The maximum absolute atomic E-state index is 10.4. The Hall–Kier alpha value is -0.380. The molecule has 0 bridgehead atoms. The lowest BCUT2D eigenvalue weighted by atomic mass is 9.89. The second kappa shape index (κ2) is 13.1. The SMILES string of the molecule is C[C@@H](CCC/C=C/CO)CCC[C@](C)(O)CCC[C@@H](C)CO. The van der Waals surface area contributed by atoms with Gasteiger partial charge < -0.3 is 15.3 Å². The summed E-state index contributed by atoms with van der Waals surface area (Å²) < 4.78 is 0. The monoisotopic (exact) mass is 314 g/mol. The van der Waals surface area contributed by atoms with Crippen LogP contribution in [0.1, 0.15) is 78.6 Å². The first-order chi connectivity index (χ1) is 10.4. The zero-order valence-electron chi connectivity index (χ0n) is 14.9. The van der Waals surface area contributed by atoms with Crippen LogP contribution in [0.5, 0.6) is 0 Å². The molecule has 0 aliphatic heterocycles. The molecule has 0 fully saturated rings. The molecule has 0 aromatic carbocycles. The maximum Gasteiger partial charge on any atom is 0.0619 e. The van der Waals surface area contributed by atoms with Crippen LogP contribution in [0, 0.1) is 11.8 Å². The van der Waals surface area contributed by atoms with E-state index < -0.39 is 5.60 Å². The molecule has 3 atom stereocenters. The first-order valence-electron chi connectivity index (χ1n) is 9.00. The predicted octanol–water partition coefficient (Wildman–Crippen LogP) is 4.06. The molecule has 0 spiro atoms. The van der Waals surface area contributed by atoms with Crippen LogP contribution in [-0.4, -0.2) is 34.1 Å². The van der Waals surface area contributed by atoms with Crippen LogP contribution in [0.2, 0.25) is 0 Å². The summed E-state index contributed by atoms with van der Waals surface area (Å²) in [5.41, 5.74) is -0.557. The van der Waals surface area contributed by atoms with Crippen LogP contribution in [0.25, 0.3) is 0 Å². The Kier molecular flexibility index (Phi) is 12.9. The minimum absolute atomic E-state index is 0.141. The fraction of sp³-hybridized carbons (Fsp3) is 0.895. The standard InChI is InChI=1S/C19H38O3/c1-17(10-6-4-5-7-15-20)11-8-13-19(3,22)14-9-12-18(2)16-21/h5,7,17-18,20-22H,4,6,8-16H2,1-3H3/b7-5+/t17-,18+,19-/m0/s1. The normalized spacial score (nSPS) is 17.5. The smallest absolute Gasteiger partial charge is 0.0619 e. The molecule has 0 aromatic heterocycles. The van der Waals surface area contributed by atoms with Crippen LogP contribution in [0.3, 0.4) is 0 Å². The van der Waals surface area contributed by atoms with E-state index in [-0.39, 0.29) is 13.2 Å². The van der Waals surface area contributed by atoms with Gasteiger partial charge in [0.15, 0.2) is 0 Å². The van der Waals surface area contributed by atoms with E-state index >= 15 is 0 Å². The Bertz CT molecular complexity index is 274. The number of unbranched alkanes of at least 4 members (excludes halogenated alkanes) is 1. The summed E-state index contributed by atoms with van der Waals surface area (Å²) >= 11 is 0. The van der Waals surface area contributed by atoms with Crippen molar-refractivity contribution >= 4 is 0 Å². The summed E-state index contributed by atoms with van der Waals surface area (Å²) in [5.74, 6) is 1.04. The van der Waals surface area contributed by atoms with Gasteiger partial charge in [-0.1, -0.05) is 51.7 Å². The van der Waals surface area contributed by atoms with E-state index in [0.717, 1.165) is 38.5 Å². The van der Waals surface area contributed by atoms with E-state index in [9.17, 15) is 5.11 Å². The Morgan fingerprint density at radius 1 is 0.864 bits per heavy atom. The van der Waals surface area contributed by atoms with Crippen LogP contribution < -0.4 is 0 Å². The zero-order chi connectivity index (χ0) is 16.8. The average Bonchev–Trinajstić information content (AvgIpc) is 2.46. The molecule has 0 aliphatic carbocycles. The Morgan fingerprint density at radius 3 is 1.95 bits per heavy atom. The van der Waals surface area contributed by atoms with Crippen LogP contribution in [-0.2, 0) is 0 Å². The fourth-order valence-electron chi connectivity index (χ4n) is 2.80. The summed E-state index contributed by atoms with van der Waals surface area (Å²) in [6.07, 6.45) is 13.2. The van der Waals surface area contributed by atoms with Crippen molar-refractivity contribution in [2.45, 2.75) is 84.2 Å². The highest BCUT2D eigenvalue weighted by Gasteiger charge is 2.20. The molecular weight excluding hydrogens is 276 g/mol. The van der Waals surface area contributed by atoms with Gasteiger partial charge >= 0.3 is 0 Å². The molecular formula is C19H38O3. The topological polar surface area (TPSA) is 60.7 Å². The minimum Gasteiger partial charge on any atom is -0.396 e. The lowest BCUT2D eigenvalue weighted by Gasteiger charge is -2.24. The zero-order valence-corrected chi connectivity index (χ0v) is 14.9. The van der Waals surface area contributed by atoms with Gasteiger partial charge in [-0.2, -0.15) is 0 Å². The average molecular weight is 315 g/mol. The molecule has 0 radical (unpaired) electrons. The van der Waals surface area contributed by atoms with E-state index in [2.05, 4.69) is 6.92 Å². The molecule has 0 amide bonds. The van der Waals surface area contributed by atoms with Gasteiger partial charge in [0.2, 0.25) is 0 Å². The van der Waals surface area contributed by atoms with Crippen LogP contribution >= 0.6 is 0 Å². The van der Waals surface area contributed by atoms with Gasteiger partial charge in [-0.15, -0.1) is 0 Å². The summed E-state index contributed by atoms with van der Waals surface area (Å²) in [5, 5.41) is 28.0. The summed E-state index contributed by atoms with van der Waals surface area (Å²) in [6, 6.07) is 0. The van der Waals surface area contributed by atoms with Crippen molar-refractivity contribution < 1.29 is 15.3 Å². The molecule has 3 heteroatoms. The van der Waals surface area contributed by atoms with Gasteiger partial charge in [0.1, 0.15) is 0 Å². The third-order valence-electron chi connectivity index (χ3n) is 4.48. The lowest BCUT2D eigenvalue weighted by Crippen LogP contribution is -2.24. The van der Waals surface area contributed by atoms with E-state index in [0.29, 0.717) is 11.8 Å². The highest BCUT2D eigenvalue weighted by molar-refractivity contribution is 4.80. The maximum atomic E-state index is 10.4. The van der Waals surface area contributed by atoms with Crippen LogP contribution in [0.4, 0.5) is 0 Å². The molecule has 0 heterocycles. The molecule has 0 saturated carbocycles. The largest absolute Gasteiger partial charge is 0.396 e. The number of allylic oxidation sites excluding steroid dienone is 1. The molecule has 3 nitrogen and oxygen atoms in total. The van der Waals surface area contributed by atoms with E-state index in [1.807, 2.05) is 19.9 Å². The molecule has 0 rings (SSSR count). The first-order valence-corrected chi connectivity index (χ1v) is 9.00. The third-order valence-corrected chi connectivity index (χ3v) is 4.48. The van der Waals surface area contributed by atoms with Crippen molar-refractivity contribution in [2.75, 3.05) is 13.2 Å². The van der Waals surface area contributed by atoms with Gasteiger partial charge in [-0.25, -0.2) is 0 Å². The number of hydrogen-bond donors (Lipinski definition) is 3. The number of aliphatic hydroxyl groups excluding tert-OH is 2. The molecule has 0 aromatic rings. The third kappa shape index (κ3) is 13.3.